The van der Waals surface area contributed by atoms with E-state index in [0.717, 1.165) is 22.3 Å². The minimum absolute atomic E-state index is 0.109. The third kappa shape index (κ3) is 10.1. The highest BCUT2D eigenvalue weighted by atomic mass is 16.8. The van der Waals surface area contributed by atoms with Crippen LogP contribution in [0.15, 0.2) is 121 Å². The van der Waals surface area contributed by atoms with Crippen molar-refractivity contribution in [3.05, 3.63) is 144 Å². The van der Waals surface area contributed by atoms with Gasteiger partial charge in [-0.05, 0) is 22.3 Å². The molecule has 4 aromatic carbocycles. The van der Waals surface area contributed by atoms with Crippen molar-refractivity contribution in [2.24, 2.45) is 0 Å². The van der Waals surface area contributed by atoms with E-state index in [2.05, 4.69) is 0 Å². The second-order valence-corrected chi connectivity index (χ2v) is 12.9. The van der Waals surface area contributed by atoms with E-state index in [1.807, 2.05) is 121 Å². The highest BCUT2D eigenvalue weighted by molar-refractivity contribution is 5.16. The zero-order valence-corrected chi connectivity index (χ0v) is 29.2. The van der Waals surface area contributed by atoms with Gasteiger partial charge in [-0.1, -0.05) is 121 Å². The second-order valence-electron chi connectivity index (χ2n) is 12.9. The molecule has 10 atom stereocenters. The summed E-state index contributed by atoms with van der Waals surface area (Å²) in [6.07, 6.45) is -10.7. The molecule has 0 amide bonds. The van der Waals surface area contributed by atoms with Gasteiger partial charge in [0.25, 0.3) is 0 Å². The van der Waals surface area contributed by atoms with Crippen LogP contribution < -0.4 is 0 Å². The predicted molar refractivity (Wildman–Crippen MR) is 189 cm³/mol. The van der Waals surface area contributed by atoms with Crippen molar-refractivity contribution in [3.63, 3.8) is 0 Å². The summed E-state index contributed by atoms with van der Waals surface area (Å²) in [5.74, 6) is 0. The molecule has 2 saturated heterocycles. The van der Waals surface area contributed by atoms with Crippen LogP contribution in [0.25, 0.3) is 0 Å². The quantitative estimate of drug-likeness (QED) is 0.146. The van der Waals surface area contributed by atoms with Crippen LogP contribution in [-0.2, 0) is 64.3 Å². The molecule has 0 unspecified atom stereocenters. The molecule has 4 aromatic rings. The van der Waals surface area contributed by atoms with E-state index in [4.69, 9.17) is 37.9 Å². The maximum Gasteiger partial charge on any atom is 0.187 e. The van der Waals surface area contributed by atoms with Crippen molar-refractivity contribution >= 4 is 0 Å². The number of rotatable bonds is 17. The first-order chi connectivity index (χ1) is 25.5. The van der Waals surface area contributed by atoms with E-state index in [0.29, 0.717) is 6.61 Å². The van der Waals surface area contributed by atoms with Crippen LogP contribution in [0.3, 0.4) is 0 Å². The lowest BCUT2D eigenvalue weighted by atomic mass is 9.96. The average molecular weight is 717 g/mol. The molecule has 3 N–H and O–H groups in total. The molecule has 2 aliphatic rings. The maximum absolute atomic E-state index is 11.3. The summed E-state index contributed by atoms with van der Waals surface area (Å²) < 4.78 is 50.9. The van der Waals surface area contributed by atoms with E-state index in [9.17, 15) is 15.3 Å². The summed E-state index contributed by atoms with van der Waals surface area (Å²) >= 11 is 0. The summed E-state index contributed by atoms with van der Waals surface area (Å²) in [6, 6.07) is 39.1. The molecule has 0 aliphatic carbocycles. The SMILES string of the molecule is CO[C@H]1O[C@H](CO)[C@@H](O)[C@H](O)[C@H]1O[C@H]1O[C@H](COCc2ccccc2)[C@@H](OCc2ccccc2)[C@H](OCc2ccccc2)[C@H]1OCc1ccccc1. The van der Waals surface area contributed by atoms with E-state index < -0.39 is 68.0 Å². The molecular weight excluding hydrogens is 668 g/mol. The smallest absolute Gasteiger partial charge is 0.187 e. The monoisotopic (exact) mass is 716 g/mol. The Hall–Kier alpha value is -3.56. The molecule has 6 rings (SSSR count). The molecule has 0 saturated carbocycles. The van der Waals surface area contributed by atoms with Crippen molar-refractivity contribution < 1.29 is 53.2 Å². The Morgan fingerprint density at radius 3 is 1.42 bits per heavy atom. The minimum Gasteiger partial charge on any atom is -0.394 e. The van der Waals surface area contributed by atoms with Crippen LogP contribution in [0.2, 0.25) is 0 Å². The summed E-state index contributed by atoms with van der Waals surface area (Å²) in [4.78, 5) is 0. The molecule has 11 nitrogen and oxygen atoms in total. The Bertz CT molecular complexity index is 1560. The Balaban J connectivity index is 1.34. The maximum atomic E-state index is 11.3. The largest absolute Gasteiger partial charge is 0.394 e. The lowest BCUT2D eigenvalue weighted by Gasteiger charge is -2.48. The molecule has 0 radical (unpaired) electrons. The van der Waals surface area contributed by atoms with E-state index in [1.165, 1.54) is 7.11 Å². The summed E-state index contributed by atoms with van der Waals surface area (Å²) in [5, 5.41) is 31.9. The lowest BCUT2D eigenvalue weighted by molar-refractivity contribution is -0.375. The fourth-order valence-corrected chi connectivity index (χ4v) is 6.40. The van der Waals surface area contributed by atoms with Gasteiger partial charge in [0, 0.05) is 7.11 Å². The number of aliphatic hydroxyl groups is 3. The van der Waals surface area contributed by atoms with Crippen LogP contribution in [0, 0.1) is 0 Å². The first kappa shape index (κ1) is 38.2. The highest BCUT2D eigenvalue weighted by Crippen LogP contribution is 2.34. The third-order valence-corrected chi connectivity index (χ3v) is 9.19. The minimum atomic E-state index is -1.49. The van der Waals surface area contributed by atoms with Gasteiger partial charge in [-0.2, -0.15) is 0 Å². The second kappa shape index (κ2) is 19.5. The van der Waals surface area contributed by atoms with Gasteiger partial charge in [-0.15, -0.1) is 0 Å². The Morgan fingerprint density at radius 2 is 0.942 bits per heavy atom. The first-order valence-corrected chi connectivity index (χ1v) is 17.6. The van der Waals surface area contributed by atoms with Crippen molar-refractivity contribution in [1.82, 2.24) is 0 Å². The molecule has 11 heteroatoms. The molecule has 278 valence electrons. The van der Waals surface area contributed by atoms with Crippen molar-refractivity contribution in [2.75, 3.05) is 20.3 Å². The lowest BCUT2D eigenvalue weighted by Crippen LogP contribution is -2.65. The number of hydrogen-bond donors (Lipinski definition) is 3. The molecule has 2 fully saturated rings. The number of aliphatic hydroxyl groups excluding tert-OH is 3. The Labute approximate surface area is 304 Å². The molecule has 2 aliphatic heterocycles. The number of benzene rings is 4. The van der Waals surface area contributed by atoms with Gasteiger partial charge < -0.3 is 53.2 Å². The van der Waals surface area contributed by atoms with Gasteiger partial charge in [0.15, 0.2) is 12.6 Å². The van der Waals surface area contributed by atoms with Crippen LogP contribution >= 0.6 is 0 Å². The Morgan fingerprint density at radius 1 is 0.500 bits per heavy atom. The summed E-state index contributed by atoms with van der Waals surface area (Å²) in [5.41, 5.74) is 3.81. The summed E-state index contributed by atoms with van der Waals surface area (Å²) in [6.45, 7) is 0.604. The van der Waals surface area contributed by atoms with Crippen LogP contribution in [0.4, 0.5) is 0 Å². The number of methoxy groups -OCH3 is 1. The molecule has 2 heterocycles. The normalized spacial score (nSPS) is 29.2. The fourth-order valence-electron chi connectivity index (χ4n) is 6.40. The van der Waals surface area contributed by atoms with Crippen LogP contribution in [-0.4, -0.2) is 97.1 Å². The number of hydrogen-bond acceptors (Lipinski definition) is 11. The van der Waals surface area contributed by atoms with Crippen LogP contribution in [0.1, 0.15) is 22.3 Å². The van der Waals surface area contributed by atoms with Gasteiger partial charge in [-0.25, -0.2) is 0 Å². The van der Waals surface area contributed by atoms with Gasteiger partial charge >= 0.3 is 0 Å². The molecule has 0 bridgehead atoms. The standard InChI is InChI=1S/C41H48O11/c1-45-40-37(35(44)34(43)32(22-42)50-40)52-41-39(49-26-31-20-12-5-13-21-31)38(48-25-30-18-10-4-11-19-30)36(47-24-29-16-8-3-9-17-29)33(51-41)27-46-23-28-14-6-2-7-15-28/h2-21,32-44H,22-27H2,1H3/t32-,33-,34-,35+,36-,37-,38+,39-,40+,41-/m1/s1. The van der Waals surface area contributed by atoms with Gasteiger partial charge in [0.05, 0.1) is 39.6 Å². The van der Waals surface area contributed by atoms with E-state index in [1.54, 1.807) is 0 Å². The van der Waals surface area contributed by atoms with Gasteiger partial charge in [0.1, 0.15) is 48.8 Å². The third-order valence-electron chi connectivity index (χ3n) is 9.19. The van der Waals surface area contributed by atoms with E-state index in [-0.39, 0.29) is 26.4 Å². The van der Waals surface area contributed by atoms with Gasteiger partial charge in [0.2, 0.25) is 0 Å². The fraction of sp³-hybridized carbons (Fsp3) is 0.415. The predicted octanol–water partition coefficient (Wildman–Crippen LogP) is 4.15. The van der Waals surface area contributed by atoms with Gasteiger partial charge in [-0.3, -0.25) is 0 Å². The Kier molecular flexibility index (Phi) is 14.3. The zero-order valence-electron chi connectivity index (χ0n) is 29.2. The zero-order chi connectivity index (χ0) is 36.1. The molecular formula is C41H48O11. The van der Waals surface area contributed by atoms with Crippen LogP contribution in [0.5, 0.6) is 0 Å². The van der Waals surface area contributed by atoms with Crippen molar-refractivity contribution in [1.29, 1.82) is 0 Å². The highest BCUT2D eigenvalue weighted by Gasteiger charge is 2.53. The molecule has 52 heavy (non-hydrogen) atoms. The molecule has 0 aromatic heterocycles. The summed E-state index contributed by atoms with van der Waals surface area (Å²) in [7, 11) is 1.39. The van der Waals surface area contributed by atoms with E-state index >= 15 is 0 Å². The number of ether oxygens (including phenoxy) is 8. The van der Waals surface area contributed by atoms with Crippen molar-refractivity contribution in [3.8, 4) is 0 Å². The molecule has 0 spiro atoms. The topological polar surface area (TPSA) is 135 Å². The van der Waals surface area contributed by atoms with Crippen molar-refractivity contribution in [2.45, 2.75) is 87.8 Å². The average Bonchev–Trinajstić information content (AvgIpc) is 3.19. The first-order valence-electron chi connectivity index (χ1n) is 17.6.